The number of carbonyl (C=O) groups is 1. The molecule has 0 spiro atoms. The number of nitrogens with zero attached hydrogens (tertiary/aromatic N) is 2. The zero-order valence-corrected chi connectivity index (χ0v) is 17.0. The Kier molecular flexibility index (Phi) is 5.55. The van der Waals surface area contributed by atoms with Gasteiger partial charge in [-0.25, -0.2) is 12.7 Å². The maximum atomic E-state index is 12.8. The molecular formula is C19H18ClN3O4S. The summed E-state index contributed by atoms with van der Waals surface area (Å²) in [5.41, 5.74) is 1.62. The highest BCUT2D eigenvalue weighted by atomic mass is 35.5. The number of nitrogens with one attached hydrogen (secondary N) is 1. The number of amides is 1. The fraction of sp³-hybridized carbons (Fsp3) is 0.158. The molecule has 0 aliphatic carbocycles. The predicted octanol–water partition coefficient (Wildman–Crippen LogP) is 3.81. The molecule has 0 bridgehead atoms. The highest BCUT2D eigenvalue weighted by molar-refractivity contribution is 7.89. The molecule has 0 atom stereocenters. The van der Waals surface area contributed by atoms with Gasteiger partial charge in [0.25, 0.3) is 5.91 Å². The number of aromatic nitrogens is 1. The van der Waals surface area contributed by atoms with Crippen LogP contribution in [-0.4, -0.2) is 37.9 Å². The van der Waals surface area contributed by atoms with Crippen LogP contribution < -0.4 is 5.32 Å². The van der Waals surface area contributed by atoms with E-state index in [0.717, 1.165) is 4.31 Å². The molecule has 1 aromatic heterocycles. The zero-order valence-electron chi connectivity index (χ0n) is 15.4. The summed E-state index contributed by atoms with van der Waals surface area (Å²) in [7, 11) is -0.630. The van der Waals surface area contributed by atoms with E-state index >= 15 is 0 Å². The van der Waals surface area contributed by atoms with Crippen molar-refractivity contribution in [3.8, 4) is 11.3 Å². The van der Waals surface area contributed by atoms with Crippen molar-refractivity contribution >= 4 is 33.2 Å². The molecule has 0 unspecified atom stereocenters. The van der Waals surface area contributed by atoms with Crippen LogP contribution in [0.15, 0.2) is 57.9 Å². The molecule has 0 saturated heterocycles. The topological polar surface area (TPSA) is 92.5 Å². The number of benzene rings is 2. The second-order valence-electron chi connectivity index (χ2n) is 6.21. The lowest BCUT2D eigenvalue weighted by Crippen LogP contribution is -2.22. The lowest BCUT2D eigenvalue weighted by Gasteiger charge is -2.12. The fourth-order valence-corrected chi connectivity index (χ4v) is 3.72. The maximum absolute atomic E-state index is 12.8. The molecule has 0 aliphatic heterocycles. The molecule has 7 nitrogen and oxygen atoms in total. The minimum atomic E-state index is -3.54. The Morgan fingerprint density at radius 2 is 1.75 bits per heavy atom. The molecule has 0 saturated carbocycles. The summed E-state index contributed by atoms with van der Waals surface area (Å²) in [5, 5.41) is 7.15. The van der Waals surface area contributed by atoms with E-state index in [1.807, 2.05) is 0 Å². The van der Waals surface area contributed by atoms with Gasteiger partial charge in [0, 0.05) is 25.3 Å². The molecule has 9 heteroatoms. The highest BCUT2D eigenvalue weighted by Gasteiger charge is 2.23. The van der Waals surface area contributed by atoms with E-state index in [1.54, 1.807) is 31.2 Å². The van der Waals surface area contributed by atoms with Gasteiger partial charge in [-0.1, -0.05) is 35.0 Å². The molecule has 1 N–H and O–H groups in total. The Morgan fingerprint density at radius 3 is 2.36 bits per heavy atom. The maximum Gasteiger partial charge on any atom is 0.261 e. The van der Waals surface area contributed by atoms with E-state index in [2.05, 4.69) is 10.5 Å². The van der Waals surface area contributed by atoms with Crippen molar-refractivity contribution in [1.82, 2.24) is 9.46 Å². The number of hydrogen-bond acceptors (Lipinski definition) is 5. The summed E-state index contributed by atoms with van der Waals surface area (Å²) in [6.45, 7) is 1.63. The SMILES string of the molecule is Cc1onc(-c2ccccc2Cl)c1C(=O)Nc1ccc(S(=O)(=O)N(C)C)cc1. The lowest BCUT2D eigenvalue weighted by molar-refractivity contribution is 0.102. The van der Waals surface area contributed by atoms with Crippen molar-refractivity contribution in [1.29, 1.82) is 0 Å². The Labute approximate surface area is 168 Å². The van der Waals surface area contributed by atoms with Gasteiger partial charge >= 0.3 is 0 Å². The predicted molar refractivity (Wildman–Crippen MR) is 107 cm³/mol. The van der Waals surface area contributed by atoms with E-state index in [9.17, 15) is 13.2 Å². The van der Waals surface area contributed by atoms with Crippen LogP contribution in [0.25, 0.3) is 11.3 Å². The van der Waals surface area contributed by atoms with E-state index in [4.69, 9.17) is 16.1 Å². The summed E-state index contributed by atoms with van der Waals surface area (Å²) in [6, 6.07) is 12.9. The van der Waals surface area contributed by atoms with Crippen molar-refractivity contribution < 1.29 is 17.7 Å². The molecule has 1 heterocycles. The quantitative estimate of drug-likeness (QED) is 0.678. The van der Waals surface area contributed by atoms with Gasteiger partial charge in [0.15, 0.2) is 0 Å². The number of anilines is 1. The Morgan fingerprint density at radius 1 is 1.11 bits per heavy atom. The monoisotopic (exact) mass is 419 g/mol. The van der Waals surface area contributed by atoms with E-state index in [-0.39, 0.29) is 10.5 Å². The minimum Gasteiger partial charge on any atom is -0.360 e. The van der Waals surface area contributed by atoms with Gasteiger partial charge in [0.1, 0.15) is 17.0 Å². The number of halogens is 1. The Bertz CT molecular complexity index is 1120. The van der Waals surface area contributed by atoms with E-state index in [1.165, 1.54) is 38.4 Å². The van der Waals surface area contributed by atoms with Crippen LogP contribution in [0.1, 0.15) is 16.1 Å². The molecule has 3 aromatic rings. The lowest BCUT2D eigenvalue weighted by atomic mass is 10.1. The van der Waals surface area contributed by atoms with E-state index < -0.39 is 15.9 Å². The normalized spacial score (nSPS) is 11.6. The molecule has 28 heavy (non-hydrogen) atoms. The first-order valence-corrected chi connectivity index (χ1v) is 10.1. The molecule has 1 amide bonds. The summed E-state index contributed by atoms with van der Waals surface area (Å²) in [5.74, 6) is -0.0869. The van der Waals surface area contributed by atoms with Gasteiger partial charge in [-0.2, -0.15) is 0 Å². The second kappa shape index (κ2) is 7.75. The first-order chi connectivity index (χ1) is 13.2. The van der Waals surface area contributed by atoms with Crippen LogP contribution in [0.5, 0.6) is 0 Å². The molecular weight excluding hydrogens is 402 g/mol. The van der Waals surface area contributed by atoms with Crippen LogP contribution in [0.2, 0.25) is 5.02 Å². The first-order valence-electron chi connectivity index (χ1n) is 8.27. The fourth-order valence-electron chi connectivity index (χ4n) is 2.59. The van der Waals surface area contributed by atoms with Crippen LogP contribution in [-0.2, 0) is 10.0 Å². The average Bonchev–Trinajstić information content (AvgIpc) is 3.04. The van der Waals surface area contributed by atoms with Crippen molar-refractivity contribution in [2.45, 2.75) is 11.8 Å². The Balaban J connectivity index is 1.89. The summed E-state index contributed by atoms with van der Waals surface area (Å²) < 4.78 is 30.6. The smallest absolute Gasteiger partial charge is 0.261 e. The molecule has 3 rings (SSSR count). The van der Waals surface area contributed by atoms with Gasteiger partial charge < -0.3 is 9.84 Å². The number of carbonyl (C=O) groups excluding carboxylic acids is 1. The largest absolute Gasteiger partial charge is 0.360 e. The van der Waals surface area contributed by atoms with Gasteiger partial charge in [0.2, 0.25) is 10.0 Å². The number of sulfonamides is 1. The molecule has 0 radical (unpaired) electrons. The third-order valence-corrected chi connectivity index (χ3v) is 6.27. The van der Waals surface area contributed by atoms with Crippen LogP contribution in [0.4, 0.5) is 5.69 Å². The molecule has 0 aliphatic rings. The second-order valence-corrected chi connectivity index (χ2v) is 8.77. The van der Waals surface area contributed by atoms with Crippen molar-refractivity contribution in [3.63, 3.8) is 0 Å². The molecule has 0 fully saturated rings. The van der Waals surface area contributed by atoms with E-state index in [0.29, 0.717) is 27.7 Å². The molecule has 146 valence electrons. The van der Waals surface area contributed by atoms with Crippen molar-refractivity contribution in [3.05, 3.63) is 64.9 Å². The Hall–Kier alpha value is -2.68. The summed E-state index contributed by atoms with van der Waals surface area (Å²) in [4.78, 5) is 12.9. The molecule has 2 aromatic carbocycles. The van der Waals surface area contributed by atoms with Crippen LogP contribution in [0.3, 0.4) is 0 Å². The third-order valence-electron chi connectivity index (χ3n) is 4.11. The van der Waals surface area contributed by atoms with Gasteiger partial charge in [-0.05, 0) is 37.3 Å². The number of aryl methyl sites for hydroxylation is 1. The van der Waals surface area contributed by atoms with Crippen molar-refractivity contribution in [2.24, 2.45) is 0 Å². The van der Waals surface area contributed by atoms with Gasteiger partial charge in [0.05, 0.1) is 9.92 Å². The van der Waals surface area contributed by atoms with Crippen LogP contribution >= 0.6 is 11.6 Å². The number of hydrogen-bond donors (Lipinski definition) is 1. The first kappa shape index (κ1) is 20.1. The van der Waals surface area contributed by atoms with Crippen LogP contribution in [0, 0.1) is 6.92 Å². The third kappa shape index (κ3) is 3.80. The zero-order chi connectivity index (χ0) is 20.5. The minimum absolute atomic E-state index is 0.133. The summed E-state index contributed by atoms with van der Waals surface area (Å²) >= 11 is 6.22. The number of rotatable bonds is 5. The van der Waals surface area contributed by atoms with Gasteiger partial charge in [-0.3, -0.25) is 4.79 Å². The highest BCUT2D eigenvalue weighted by Crippen LogP contribution is 2.31. The average molecular weight is 420 g/mol. The summed E-state index contributed by atoms with van der Waals surface area (Å²) in [6.07, 6.45) is 0. The van der Waals surface area contributed by atoms with Gasteiger partial charge in [-0.15, -0.1) is 0 Å². The standard InChI is InChI=1S/C19H18ClN3O4S/c1-12-17(18(22-27-12)15-6-4-5-7-16(15)20)19(24)21-13-8-10-14(11-9-13)28(25,26)23(2)3/h4-11H,1-3H3,(H,21,24). The van der Waals surface area contributed by atoms with Crippen molar-refractivity contribution in [2.75, 3.05) is 19.4 Å².